The lowest BCUT2D eigenvalue weighted by Gasteiger charge is -2.14. The fraction of sp³-hybridized carbons (Fsp3) is 0.533. The minimum absolute atomic E-state index is 0.00674. The standard InChI is InChI=1S/C15H23NO4/c1-5-6-7-16-14(17)10-11-8-12(18-2)15(20-4)13(9-11)19-3/h8-9H,5-7,10H2,1-4H3,(H,16,17). The maximum Gasteiger partial charge on any atom is 0.224 e. The molecule has 1 aromatic carbocycles. The first-order valence-electron chi connectivity index (χ1n) is 6.71. The van der Waals surface area contributed by atoms with E-state index in [-0.39, 0.29) is 5.91 Å². The third kappa shape index (κ3) is 4.33. The molecule has 1 N–H and O–H groups in total. The van der Waals surface area contributed by atoms with Gasteiger partial charge in [0.2, 0.25) is 11.7 Å². The van der Waals surface area contributed by atoms with E-state index < -0.39 is 0 Å². The van der Waals surface area contributed by atoms with Crippen molar-refractivity contribution in [3.63, 3.8) is 0 Å². The largest absolute Gasteiger partial charge is 0.493 e. The molecule has 0 spiro atoms. The van der Waals surface area contributed by atoms with Crippen molar-refractivity contribution in [2.45, 2.75) is 26.2 Å². The van der Waals surface area contributed by atoms with Gasteiger partial charge in [-0.05, 0) is 24.1 Å². The van der Waals surface area contributed by atoms with Gasteiger partial charge in [-0.2, -0.15) is 0 Å². The van der Waals surface area contributed by atoms with E-state index in [1.807, 2.05) is 0 Å². The lowest BCUT2D eigenvalue weighted by molar-refractivity contribution is -0.120. The highest BCUT2D eigenvalue weighted by atomic mass is 16.5. The number of hydrogen-bond acceptors (Lipinski definition) is 4. The minimum atomic E-state index is -0.00674. The SMILES string of the molecule is CCCCNC(=O)Cc1cc(OC)c(OC)c(OC)c1. The number of unbranched alkanes of at least 4 members (excludes halogenated alkanes) is 1. The number of ether oxygens (including phenoxy) is 3. The molecule has 1 rings (SSSR count). The average molecular weight is 281 g/mol. The molecule has 0 atom stereocenters. The van der Waals surface area contributed by atoms with Crippen LogP contribution < -0.4 is 19.5 Å². The Balaban J connectivity index is 2.82. The Kier molecular flexibility index (Phi) is 6.70. The number of nitrogens with one attached hydrogen (secondary N) is 1. The first-order chi connectivity index (χ1) is 9.65. The van der Waals surface area contributed by atoms with Crippen molar-refractivity contribution in [2.24, 2.45) is 0 Å². The van der Waals surface area contributed by atoms with Crippen LogP contribution in [-0.2, 0) is 11.2 Å². The predicted octanol–water partition coefficient (Wildman–Crippen LogP) is 2.17. The summed E-state index contributed by atoms with van der Waals surface area (Å²) >= 11 is 0. The van der Waals surface area contributed by atoms with Crippen LogP contribution in [0.1, 0.15) is 25.3 Å². The Morgan fingerprint density at radius 3 is 2.15 bits per heavy atom. The fourth-order valence-electron chi connectivity index (χ4n) is 1.89. The molecule has 0 bridgehead atoms. The van der Waals surface area contributed by atoms with E-state index in [2.05, 4.69) is 12.2 Å². The highest BCUT2D eigenvalue weighted by Gasteiger charge is 2.14. The van der Waals surface area contributed by atoms with E-state index in [1.54, 1.807) is 33.5 Å². The zero-order valence-corrected chi connectivity index (χ0v) is 12.6. The minimum Gasteiger partial charge on any atom is -0.493 e. The molecule has 0 fully saturated rings. The van der Waals surface area contributed by atoms with Gasteiger partial charge >= 0.3 is 0 Å². The number of amides is 1. The molecular formula is C15H23NO4. The second-order valence-electron chi connectivity index (χ2n) is 4.41. The first kappa shape index (κ1) is 16.1. The highest BCUT2D eigenvalue weighted by Crippen LogP contribution is 2.38. The molecule has 0 aliphatic heterocycles. The van der Waals surface area contributed by atoms with Gasteiger partial charge in [-0.3, -0.25) is 4.79 Å². The summed E-state index contributed by atoms with van der Waals surface area (Å²) in [4.78, 5) is 11.8. The van der Waals surface area contributed by atoms with Gasteiger partial charge in [0.1, 0.15) is 0 Å². The number of methoxy groups -OCH3 is 3. The van der Waals surface area contributed by atoms with E-state index in [0.717, 1.165) is 18.4 Å². The Bertz CT molecular complexity index is 420. The lowest BCUT2D eigenvalue weighted by atomic mass is 10.1. The van der Waals surface area contributed by atoms with Crippen molar-refractivity contribution < 1.29 is 19.0 Å². The van der Waals surface area contributed by atoms with Crippen LogP contribution in [0.3, 0.4) is 0 Å². The van der Waals surface area contributed by atoms with Crippen molar-refractivity contribution in [3.05, 3.63) is 17.7 Å². The number of carbonyl (C=O) groups is 1. The van der Waals surface area contributed by atoms with Gasteiger partial charge in [0.05, 0.1) is 27.8 Å². The molecule has 5 heteroatoms. The summed E-state index contributed by atoms with van der Waals surface area (Å²) in [5, 5.41) is 2.88. The van der Waals surface area contributed by atoms with Gasteiger partial charge in [-0.1, -0.05) is 13.3 Å². The molecule has 0 aliphatic rings. The molecule has 0 aliphatic carbocycles. The molecule has 0 aromatic heterocycles. The quantitative estimate of drug-likeness (QED) is 0.742. The van der Waals surface area contributed by atoms with Crippen LogP contribution >= 0.6 is 0 Å². The predicted molar refractivity (Wildman–Crippen MR) is 77.7 cm³/mol. The van der Waals surface area contributed by atoms with Crippen molar-refractivity contribution >= 4 is 5.91 Å². The summed E-state index contributed by atoms with van der Waals surface area (Å²) in [6, 6.07) is 3.58. The molecular weight excluding hydrogens is 258 g/mol. The van der Waals surface area contributed by atoms with Gasteiger partial charge in [0.25, 0.3) is 0 Å². The molecule has 0 radical (unpaired) electrons. The van der Waals surface area contributed by atoms with Gasteiger partial charge in [0, 0.05) is 6.54 Å². The second-order valence-corrected chi connectivity index (χ2v) is 4.41. The molecule has 1 amide bonds. The zero-order valence-electron chi connectivity index (χ0n) is 12.6. The summed E-state index contributed by atoms with van der Waals surface area (Å²) in [5.74, 6) is 1.64. The first-order valence-corrected chi connectivity index (χ1v) is 6.71. The van der Waals surface area contributed by atoms with Crippen LogP contribution in [-0.4, -0.2) is 33.8 Å². The Morgan fingerprint density at radius 2 is 1.70 bits per heavy atom. The van der Waals surface area contributed by atoms with Crippen molar-refractivity contribution in [3.8, 4) is 17.2 Å². The van der Waals surface area contributed by atoms with Gasteiger partial charge in [-0.15, -0.1) is 0 Å². The van der Waals surface area contributed by atoms with Crippen molar-refractivity contribution in [1.29, 1.82) is 0 Å². The second kappa shape index (κ2) is 8.30. The summed E-state index contributed by atoms with van der Waals surface area (Å²) in [6.45, 7) is 2.80. The maximum absolute atomic E-state index is 11.8. The van der Waals surface area contributed by atoms with Crippen molar-refractivity contribution in [1.82, 2.24) is 5.32 Å². The molecule has 20 heavy (non-hydrogen) atoms. The molecule has 0 unspecified atom stereocenters. The monoisotopic (exact) mass is 281 g/mol. The lowest BCUT2D eigenvalue weighted by Crippen LogP contribution is -2.26. The summed E-state index contributed by atoms with van der Waals surface area (Å²) in [7, 11) is 4.67. The van der Waals surface area contributed by atoms with Crippen LogP contribution in [0.5, 0.6) is 17.2 Å². The molecule has 0 heterocycles. The number of carbonyl (C=O) groups excluding carboxylic acids is 1. The van der Waals surface area contributed by atoms with Gasteiger partial charge in [0.15, 0.2) is 11.5 Å². The van der Waals surface area contributed by atoms with E-state index in [4.69, 9.17) is 14.2 Å². The van der Waals surface area contributed by atoms with Crippen LogP contribution in [0, 0.1) is 0 Å². The van der Waals surface area contributed by atoms with Crippen LogP contribution in [0.4, 0.5) is 0 Å². The number of benzene rings is 1. The number of hydrogen-bond donors (Lipinski definition) is 1. The molecule has 0 saturated heterocycles. The molecule has 1 aromatic rings. The van der Waals surface area contributed by atoms with E-state index in [0.29, 0.717) is 30.2 Å². The van der Waals surface area contributed by atoms with Crippen LogP contribution in [0.15, 0.2) is 12.1 Å². The topological polar surface area (TPSA) is 56.8 Å². The van der Waals surface area contributed by atoms with Crippen molar-refractivity contribution in [2.75, 3.05) is 27.9 Å². The van der Waals surface area contributed by atoms with E-state index in [9.17, 15) is 4.79 Å². The summed E-state index contributed by atoms with van der Waals surface area (Å²) < 4.78 is 15.8. The van der Waals surface area contributed by atoms with Gasteiger partial charge in [-0.25, -0.2) is 0 Å². The van der Waals surface area contributed by atoms with Crippen LogP contribution in [0.2, 0.25) is 0 Å². The summed E-state index contributed by atoms with van der Waals surface area (Å²) in [6.07, 6.45) is 2.34. The summed E-state index contributed by atoms with van der Waals surface area (Å²) in [5.41, 5.74) is 0.827. The van der Waals surface area contributed by atoms with Gasteiger partial charge < -0.3 is 19.5 Å². The maximum atomic E-state index is 11.8. The van der Waals surface area contributed by atoms with E-state index >= 15 is 0 Å². The normalized spacial score (nSPS) is 10.0. The Hall–Kier alpha value is -1.91. The van der Waals surface area contributed by atoms with E-state index in [1.165, 1.54) is 0 Å². The third-order valence-corrected chi connectivity index (χ3v) is 2.94. The molecule has 0 saturated carbocycles. The molecule has 112 valence electrons. The smallest absolute Gasteiger partial charge is 0.224 e. The van der Waals surface area contributed by atoms with Crippen LogP contribution in [0.25, 0.3) is 0 Å². The third-order valence-electron chi connectivity index (χ3n) is 2.94. The Labute approximate surface area is 120 Å². The zero-order chi connectivity index (χ0) is 15.0. The molecule has 5 nitrogen and oxygen atoms in total. The average Bonchev–Trinajstić information content (AvgIpc) is 2.46. The number of rotatable bonds is 8. The Morgan fingerprint density at radius 1 is 1.10 bits per heavy atom. The highest BCUT2D eigenvalue weighted by molar-refractivity contribution is 5.79. The fourth-order valence-corrected chi connectivity index (χ4v) is 1.89.